The summed E-state index contributed by atoms with van der Waals surface area (Å²) in [5, 5.41) is 24.2. The maximum absolute atomic E-state index is 13.2. The third-order valence-electron chi connectivity index (χ3n) is 9.47. The van der Waals surface area contributed by atoms with E-state index in [0.29, 0.717) is 12.0 Å². The van der Waals surface area contributed by atoms with Crippen LogP contribution in [-0.2, 0) is 57.2 Å². The number of hydrogen-bond donors (Lipinski definition) is 2. The zero-order chi connectivity index (χ0) is 34.9. The van der Waals surface area contributed by atoms with E-state index >= 15 is 0 Å². The number of rotatable bonds is 7. The van der Waals surface area contributed by atoms with Crippen LogP contribution in [0.15, 0.2) is 11.6 Å². The van der Waals surface area contributed by atoms with Crippen LogP contribution in [0.5, 0.6) is 0 Å². The van der Waals surface area contributed by atoms with Gasteiger partial charge >= 0.3 is 35.8 Å². The first-order valence-corrected chi connectivity index (χ1v) is 15.4. The standard InChI is InChI=1S/C32H46O14/c1-10-11-25(37)45-22-12-15(2)13-24-32(40,31(9,39)29(38)46-24)28(44-20(7)36)26-16(3)21(41-17(4)33)14-23(42-18(5)34)30(26,8)27(22)43-19(6)35/h13,16,21-24,26-28,39-40H,10-12,14H2,1-9H3/b15-13-/t16-,21-,22-,23-,24-,26+,27-,28-,30-,31-,32+/m0/s1. The summed E-state index contributed by atoms with van der Waals surface area (Å²) in [4.78, 5) is 76.7. The largest absolute Gasteiger partial charge is 0.462 e. The molecular weight excluding hydrogens is 608 g/mol. The Morgan fingerprint density at radius 3 is 1.93 bits per heavy atom. The maximum Gasteiger partial charge on any atom is 0.341 e. The lowest BCUT2D eigenvalue weighted by molar-refractivity contribution is -0.273. The topological polar surface area (TPSA) is 198 Å². The monoisotopic (exact) mass is 654 g/mol. The van der Waals surface area contributed by atoms with E-state index in [4.69, 9.17) is 28.4 Å². The summed E-state index contributed by atoms with van der Waals surface area (Å²) in [5.41, 5.74) is -6.65. The minimum absolute atomic E-state index is 0.0312. The molecule has 1 heterocycles. The summed E-state index contributed by atoms with van der Waals surface area (Å²) in [6, 6.07) is 0. The number of carbonyl (C=O) groups excluding carboxylic acids is 6. The summed E-state index contributed by atoms with van der Waals surface area (Å²) in [7, 11) is 0. The molecule has 2 fully saturated rings. The normalized spacial score (nSPS) is 40.1. The maximum atomic E-state index is 13.2. The first-order valence-electron chi connectivity index (χ1n) is 15.4. The molecule has 0 radical (unpaired) electrons. The van der Waals surface area contributed by atoms with Crippen molar-refractivity contribution in [3.8, 4) is 0 Å². The van der Waals surface area contributed by atoms with E-state index in [1.807, 2.05) is 0 Å². The fourth-order valence-electron chi connectivity index (χ4n) is 7.46. The fourth-order valence-corrected chi connectivity index (χ4v) is 7.46. The Hall–Kier alpha value is -3.52. The molecule has 0 aromatic carbocycles. The van der Waals surface area contributed by atoms with Gasteiger partial charge in [-0.3, -0.25) is 24.0 Å². The van der Waals surface area contributed by atoms with Crippen molar-refractivity contribution >= 4 is 35.8 Å². The Bertz CT molecular complexity index is 1270. The van der Waals surface area contributed by atoms with Gasteiger partial charge in [-0.15, -0.1) is 0 Å². The average Bonchev–Trinajstić information content (AvgIpc) is 3.07. The van der Waals surface area contributed by atoms with Gasteiger partial charge in [0, 0.05) is 58.8 Å². The molecule has 2 aliphatic carbocycles. The van der Waals surface area contributed by atoms with Crippen LogP contribution in [0.1, 0.15) is 88.0 Å². The lowest BCUT2D eigenvalue weighted by Crippen LogP contribution is -2.73. The molecule has 3 aliphatic rings. The number of ether oxygens (including phenoxy) is 6. The zero-order valence-corrected chi connectivity index (χ0v) is 27.8. The van der Waals surface area contributed by atoms with Crippen molar-refractivity contribution in [3.63, 3.8) is 0 Å². The Morgan fingerprint density at radius 1 is 0.870 bits per heavy atom. The Balaban J connectivity index is 2.53. The second kappa shape index (κ2) is 13.7. The fraction of sp³-hybridized carbons (Fsp3) is 0.750. The van der Waals surface area contributed by atoms with Gasteiger partial charge in [0.05, 0.1) is 5.41 Å². The number of aliphatic hydroxyl groups is 2. The summed E-state index contributed by atoms with van der Waals surface area (Å²) in [6.45, 7) is 12.1. The minimum atomic E-state index is -2.68. The predicted molar refractivity (Wildman–Crippen MR) is 156 cm³/mol. The van der Waals surface area contributed by atoms with E-state index in [2.05, 4.69) is 0 Å². The van der Waals surface area contributed by atoms with E-state index in [9.17, 15) is 39.0 Å². The molecule has 0 bridgehead atoms. The van der Waals surface area contributed by atoms with Crippen molar-refractivity contribution in [2.45, 2.75) is 136 Å². The predicted octanol–water partition coefficient (Wildman–Crippen LogP) is 1.84. The molecule has 0 amide bonds. The summed E-state index contributed by atoms with van der Waals surface area (Å²) < 4.78 is 34.7. The highest BCUT2D eigenvalue weighted by molar-refractivity contribution is 5.84. The summed E-state index contributed by atoms with van der Waals surface area (Å²) >= 11 is 0. The third kappa shape index (κ3) is 6.78. The molecule has 0 aromatic rings. The van der Waals surface area contributed by atoms with Crippen LogP contribution in [0.25, 0.3) is 0 Å². The molecule has 46 heavy (non-hydrogen) atoms. The van der Waals surface area contributed by atoms with Crippen LogP contribution in [-0.4, -0.2) is 93.9 Å². The van der Waals surface area contributed by atoms with Crippen LogP contribution in [0.3, 0.4) is 0 Å². The molecular formula is C32H46O14. The zero-order valence-electron chi connectivity index (χ0n) is 27.8. The van der Waals surface area contributed by atoms with Crippen molar-refractivity contribution in [2.24, 2.45) is 17.3 Å². The summed E-state index contributed by atoms with van der Waals surface area (Å²) in [5.74, 6) is -7.19. The number of hydrogen-bond acceptors (Lipinski definition) is 14. The molecule has 0 unspecified atom stereocenters. The molecule has 2 N–H and O–H groups in total. The first-order chi connectivity index (χ1) is 21.2. The molecule has 1 aliphatic heterocycles. The Labute approximate surface area is 268 Å². The van der Waals surface area contributed by atoms with Crippen molar-refractivity contribution in [1.29, 1.82) is 0 Å². The Kier molecular flexibility index (Phi) is 11.0. The highest BCUT2D eigenvalue weighted by Gasteiger charge is 2.75. The molecule has 14 nitrogen and oxygen atoms in total. The van der Waals surface area contributed by atoms with Crippen LogP contribution >= 0.6 is 0 Å². The van der Waals surface area contributed by atoms with Crippen LogP contribution in [0, 0.1) is 17.3 Å². The van der Waals surface area contributed by atoms with E-state index in [1.165, 1.54) is 13.0 Å². The number of fused-ring (bicyclic) bond motifs is 2. The highest BCUT2D eigenvalue weighted by Crippen LogP contribution is 2.58. The molecule has 0 aromatic heterocycles. The van der Waals surface area contributed by atoms with E-state index in [1.54, 1.807) is 27.7 Å². The quantitative estimate of drug-likeness (QED) is 0.229. The van der Waals surface area contributed by atoms with Gasteiger partial charge in [-0.25, -0.2) is 4.79 Å². The molecule has 1 saturated heterocycles. The van der Waals surface area contributed by atoms with Gasteiger partial charge < -0.3 is 38.6 Å². The average molecular weight is 655 g/mol. The highest BCUT2D eigenvalue weighted by atomic mass is 16.6. The van der Waals surface area contributed by atoms with Crippen molar-refractivity contribution in [3.05, 3.63) is 11.6 Å². The van der Waals surface area contributed by atoms with Gasteiger partial charge in [-0.2, -0.15) is 0 Å². The second-order valence-corrected chi connectivity index (χ2v) is 13.0. The van der Waals surface area contributed by atoms with Gasteiger partial charge in [0.15, 0.2) is 17.3 Å². The van der Waals surface area contributed by atoms with Crippen LogP contribution in [0.4, 0.5) is 0 Å². The molecule has 14 heteroatoms. The lowest BCUT2D eigenvalue weighted by Gasteiger charge is -2.59. The molecule has 258 valence electrons. The van der Waals surface area contributed by atoms with Crippen molar-refractivity contribution < 1.29 is 67.4 Å². The van der Waals surface area contributed by atoms with Crippen LogP contribution in [0.2, 0.25) is 0 Å². The first kappa shape index (κ1) is 36.9. The van der Waals surface area contributed by atoms with Gasteiger partial charge in [-0.1, -0.05) is 26.3 Å². The SMILES string of the molecule is CCCC(=O)O[C@H]1C/C(C)=C\[C@@H]2OC(=O)[C@](C)(O)[C@]2(O)[C@@H](OC(C)=O)[C@H]2[C@@H](C)[C@@H](OC(C)=O)C[C@H](OC(C)=O)[C@]2(C)[C@H]1OC(C)=O. The van der Waals surface area contributed by atoms with Gasteiger partial charge in [0.25, 0.3) is 0 Å². The molecule has 11 atom stereocenters. The molecule has 0 spiro atoms. The van der Waals surface area contributed by atoms with Crippen molar-refractivity contribution in [2.75, 3.05) is 0 Å². The molecule has 3 rings (SSSR count). The van der Waals surface area contributed by atoms with E-state index in [0.717, 1.165) is 27.7 Å². The van der Waals surface area contributed by atoms with E-state index < -0.39 is 101 Å². The van der Waals surface area contributed by atoms with Gasteiger partial charge in [-0.05, 0) is 26.3 Å². The van der Waals surface area contributed by atoms with Crippen LogP contribution < -0.4 is 0 Å². The summed E-state index contributed by atoms with van der Waals surface area (Å²) in [6.07, 6.45) is -6.78. The number of carbonyl (C=O) groups is 6. The minimum Gasteiger partial charge on any atom is -0.462 e. The van der Waals surface area contributed by atoms with Gasteiger partial charge in [0.2, 0.25) is 0 Å². The Morgan fingerprint density at radius 2 is 1.41 bits per heavy atom. The third-order valence-corrected chi connectivity index (χ3v) is 9.47. The second-order valence-electron chi connectivity index (χ2n) is 13.0. The molecule has 1 saturated carbocycles. The smallest absolute Gasteiger partial charge is 0.341 e. The van der Waals surface area contributed by atoms with E-state index in [-0.39, 0.29) is 19.3 Å². The lowest BCUT2D eigenvalue weighted by atomic mass is 9.52. The van der Waals surface area contributed by atoms with Gasteiger partial charge in [0.1, 0.15) is 30.5 Å². The number of esters is 6. The van der Waals surface area contributed by atoms with Crippen molar-refractivity contribution in [1.82, 2.24) is 0 Å².